The van der Waals surface area contributed by atoms with E-state index in [-0.39, 0.29) is 30.8 Å². The van der Waals surface area contributed by atoms with Crippen molar-refractivity contribution in [1.29, 1.82) is 0 Å². The number of nitrogens with zero attached hydrogens (tertiary/aromatic N) is 2. The van der Waals surface area contributed by atoms with Crippen molar-refractivity contribution >= 4 is 15.7 Å². The van der Waals surface area contributed by atoms with Crippen LogP contribution in [0.4, 0.5) is 5.69 Å². The van der Waals surface area contributed by atoms with E-state index in [1.807, 2.05) is 0 Å². The van der Waals surface area contributed by atoms with Gasteiger partial charge in [-0.1, -0.05) is 12.1 Å². The zero-order valence-corrected chi connectivity index (χ0v) is 12.6. The minimum absolute atomic E-state index is 0.00656. The average Bonchev–Trinajstić information content (AvgIpc) is 2.48. The van der Waals surface area contributed by atoms with Gasteiger partial charge in [-0.15, -0.1) is 0 Å². The van der Waals surface area contributed by atoms with Crippen molar-refractivity contribution in [3.63, 3.8) is 0 Å². The van der Waals surface area contributed by atoms with Gasteiger partial charge < -0.3 is 10.2 Å². The Balaban J connectivity index is 2.32. The second-order valence-corrected chi connectivity index (χ2v) is 7.10. The molecule has 22 heavy (non-hydrogen) atoms. The van der Waals surface area contributed by atoms with Crippen LogP contribution in [0.25, 0.3) is 0 Å². The van der Waals surface area contributed by atoms with Gasteiger partial charge in [0.15, 0.2) is 4.90 Å². The number of nitro groups is 1. The minimum Gasteiger partial charge on any atom is -0.390 e. The second-order valence-electron chi connectivity index (χ2n) is 5.19. The van der Waals surface area contributed by atoms with Gasteiger partial charge in [0.05, 0.1) is 17.1 Å². The summed E-state index contributed by atoms with van der Waals surface area (Å²) in [6, 6.07) is 5.19. The summed E-state index contributed by atoms with van der Waals surface area (Å²) in [6.07, 6.45) is -1.12. The van der Waals surface area contributed by atoms with Gasteiger partial charge in [-0.2, -0.15) is 4.31 Å². The molecule has 1 saturated heterocycles. The Bertz CT molecular complexity index is 648. The van der Waals surface area contributed by atoms with Gasteiger partial charge >= 0.3 is 0 Å². The summed E-state index contributed by atoms with van der Waals surface area (Å²) in [5.41, 5.74) is -0.467. The number of sulfonamides is 1. The van der Waals surface area contributed by atoms with E-state index in [0.717, 1.165) is 10.4 Å². The molecule has 0 spiro atoms. The van der Waals surface area contributed by atoms with Crippen molar-refractivity contribution in [3.05, 3.63) is 34.4 Å². The fourth-order valence-electron chi connectivity index (χ4n) is 2.46. The molecule has 8 nitrogen and oxygen atoms in total. The van der Waals surface area contributed by atoms with E-state index in [1.54, 1.807) is 0 Å². The molecule has 0 aliphatic carbocycles. The van der Waals surface area contributed by atoms with E-state index < -0.39 is 32.8 Å². The number of rotatable bonds is 3. The molecule has 0 bridgehead atoms. The molecule has 2 N–H and O–H groups in total. The Labute approximate surface area is 128 Å². The van der Waals surface area contributed by atoms with E-state index in [2.05, 4.69) is 0 Å². The number of hydrogen-bond donors (Lipinski definition) is 2. The highest BCUT2D eigenvalue weighted by Gasteiger charge is 2.33. The molecule has 2 rings (SSSR count). The average molecular weight is 330 g/mol. The van der Waals surface area contributed by atoms with Gasteiger partial charge in [-0.25, -0.2) is 8.42 Å². The van der Waals surface area contributed by atoms with E-state index in [4.69, 9.17) is 0 Å². The molecule has 1 heterocycles. The van der Waals surface area contributed by atoms with E-state index in [9.17, 15) is 28.7 Å². The molecule has 1 aliphatic heterocycles. The van der Waals surface area contributed by atoms with Crippen LogP contribution in [-0.2, 0) is 10.0 Å². The van der Waals surface area contributed by atoms with Gasteiger partial charge in [0.25, 0.3) is 5.69 Å². The zero-order chi connectivity index (χ0) is 16.3. The highest BCUT2D eigenvalue weighted by atomic mass is 32.2. The van der Waals surface area contributed by atoms with Crippen LogP contribution in [0.1, 0.15) is 19.3 Å². The number of nitro benzene ring substituents is 1. The lowest BCUT2D eigenvalue weighted by atomic mass is 10.0. The molecule has 122 valence electrons. The first-order chi connectivity index (χ1) is 10.3. The maximum atomic E-state index is 12.6. The maximum Gasteiger partial charge on any atom is 0.289 e. The molecule has 2 atom stereocenters. The molecule has 1 fully saturated rings. The highest BCUT2D eigenvalue weighted by molar-refractivity contribution is 7.89. The number of hydrogen-bond acceptors (Lipinski definition) is 6. The fraction of sp³-hybridized carbons (Fsp3) is 0.538. The molecule has 0 radical (unpaired) electrons. The molecule has 0 amide bonds. The smallest absolute Gasteiger partial charge is 0.289 e. The van der Waals surface area contributed by atoms with Crippen molar-refractivity contribution in [3.8, 4) is 0 Å². The van der Waals surface area contributed by atoms with E-state index >= 15 is 0 Å². The van der Waals surface area contributed by atoms with Crippen LogP contribution in [0.3, 0.4) is 0 Å². The summed E-state index contributed by atoms with van der Waals surface area (Å²) in [5, 5.41) is 30.3. The van der Waals surface area contributed by atoms with Crippen LogP contribution in [-0.4, -0.2) is 53.2 Å². The minimum atomic E-state index is -4.02. The zero-order valence-electron chi connectivity index (χ0n) is 11.8. The lowest BCUT2D eigenvalue weighted by Crippen LogP contribution is -2.40. The molecule has 0 saturated carbocycles. The number of para-hydroxylation sites is 1. The van der Waals surface area contributed by atoms with Crippen LogP contribution in [0.15, 0.2) is 29.2 Å². The van der Waals surface area contributed by atoms with Gasteiger partial charge in [-0.3, -0.25) is 10.1 Å². The van der Waals surface area contributed by atoms with Crippen molar-refractivity contribution in [2.24, 2.45) is 0 Å². The largest absolute Gasteiger partial charge is 0.390 e. The fourth-order valence-corrected chi connectivity index (χ4v) is 4.11. The summed E-state index contributed by atoms with van der Waals surface area (Å²) in [5.74, 6) is 0. The third kappa shape index (κ3) is 3.43. The topological polar surface area (TPSA) is 121 Å². The van der Waals surface area contributed by atoms with Crippen molar-refractivity contribution in [2.75, 3.05) is 13.1 Å². The van der Waals surface area contributed by atoms with Crippen LogP contribution < -0.4 is 0 Å². The number of aliphatic hydroxyl groups excluding tert-OH is 2. The maximum absolute atomic E-state index is 12.6. The molecular formula is C13H18N2O6S. The highest BCUT2D eigenvalue weighted by Crippen LogP contribution is 2.27. The Morgan fingerprint density at radius 2 is 1.77 bits per heavy atom. The summed E-state index contributed by atoms with van der Waals surface area (Å²) in [7, 11) is -4.02. The predicted octanol–water partition coefficient (Wildman–Crippen LogP) is 0.491. The third-order valence-electron chi connectivity index (χ3n) is 3.71. The quantitative estimate of drug-likeness (QED) is 0.614. The summed E-state index contributed by atoms with van der Waals surface area (Å²) < 4.78 is 26.4. The summed E-state index contributed by atoms with van der Waals surface area (Å²) in [4.78, 5) is 9.94. The lowest BCUT2D eigenvalue weighted by Gasteiger charge is -2.28. The molecule has 9 heteroatoms. The molecule has 0 aromatic heterocycles. The van der Waals surface area contributed by atoms with E-state index in [1.165, 1.54) is 18.2 Å². The molecular weight excluding hydrogens is 312 g/mol. The molecule has 1 aromatic rings. The SMILES string of the molecule is O=[N+]([O-])c1ccccc1S(=O)(=O)N1CCCC(O)C(O)CC1. The standard InChI is InChI=1S/C13H18N2O6S/c16-11-5-3-8-14(9-7-12(11)17)22(20,21)13-6-2-1-4-10(13)15(18)19/h1-2,4,6,11-12,16-17H,3,5,7-9H2. The van der Waals surface area contributed by atoms with Gasteiger partial charge in [0.1, 0.15) is 0 Å². The predicted molar refractivity (Wildman–Crippen MR) is 77.7 cm³/mol. The van der Waals surface area contributed by atoms with Gasteiger partial charge in [0.2, 0.25) is 10.0 Å². The monoisotopic (exact) mass is 330 g/mol. The molecule has 1 aliphatic rings. The Morgan fingerprint density at radius 1 is 1.14 bits per heavy atom. The first kappa shape index (κ1) is 16.8. The number of benzene rings is 1. The summed E-state index contributed by atoms with van der Waals surface area (Å²) >= 11 is 0. The van der Waals surface area contributed by atoms with E-state index in [0.29, 0.717) is 6.42 Å². The lowest BCUT2D eigenvalue weighted by molar-refractivity contribution is -0.387. The Morgan fingerprint density at radius 3 is 2.45 bits per heavy atom. The van der Waals surface area contributed by atoms with Crippen molar-refractivity contribution < 1.29 is 23.6 Å². The first-order valence-corrected chi connectivity index (χ1v) is 8.37. The third-order valence-corrected chi connectivity index (χ3v) is 5.65. The van der Waals surface area contributed by atoms with Crippen LogP contribution in [0.5, 0.6) is 0 Å². The normalized spacial score (nSPS) is 24.5. The van der Waals surface area contributed by atoms with Crippen molar-refractivity contribution in [2.45, 2.75) is 36.4 Å². The van der Waals surface area contributed by atoms with Crippen LogP contribution >= 0.6 is 0 Å². The molecule has 2 unspecified atom stereocenters. The number of aliphatic hydroxyl groups is 2. The van der Waals surface area contributed by atoms with Gasteiger partial charge in [0, 0.05) is 19.2 Å². The van der Waals surface area contributed by atoms with Crippen molar-refractivity contribution in [1.82, 2.24) is 4.31 Å². The van der Waals surface area contributed by atoms with Crippen LogP contribution in [0, 0.1) is 10.1 Å². The first-order valence-electron chi connectivity index (χ1n) is 6.93. The second kappa shape index (κ2) is 6.69. The van der Waals surface area contributed by atoms with Gasteiger partial charge in [-0.05, 0) is 25.3 Å². The Kier molecular flexibility index (Phi) is 5.12. The molecule has 1 aromatic carbocycles. The summed E-state index contributed by atoms with van der Waals surface area (Å²) in [6.45, 7) is 0.158. The van der Waals surface area contributed by atoms with Crippen LogP contribution in [0.2, 0.25) is 0 Å². The Hall–Kier alpha value is -1.55.